The van der Waals surface area contributed by atoms with Gasteiger partial charge in [-0.15, -0.1) is 0 Å². The second-order valence-electron chi connectivity index (χ2n) is 4.93. The molecule has 1 aliphatic rings. The topological polar surface area (TPSA) is 49.3 Å². The molecular formula is C13H17NO2. The normalized spacial score (nSPS) is 20.2. The number of fused-ring (bicyclic) bond motifs is 1. The summed E-state index contributed by atoms with van der Waals surface area (Å²) >= 11 is 0. The monoisotopic (exact) mass is 219 g/mol. The summed E-state index contributed by atoms with van der Waals surface area (Å²) in [6.07, 6.45) is 0.787. The number of aliphatic carboxylic acids is 1. The van der Waals surface area contributed by atoms with E-state index in [9.17, 15) is 9.90 Å². The maximum absolute atomic E-state index is 11.2. The predicted octanol–water partition coefficient (Wildman–Crippen LogP) is 1.81. The molecule has 0 spiro atoms. The van der Waals surface area contributed by atoms with Crippen LogP contribution in [0.1, 0.15) is 25.0 Å². The number of carbonyl (C=O) groups is 1. The van der Waals surface area contributed by atoms with Gasteiger partial charge in [-0.3, -0.25) is 4.79 Å². The van der Waals surface area contributed by atoms with Gasteiger partial charge in [-0.25, -0.2) is 0 Å². The highest BCUT2D eigenvalue weighted by molar-refractivity contribution is 5.74. The van der Waals surface area contributed by atoms with Crippen molar-refractivity contribution in [1.82, 2.24) is 5.32 Å². The number of hydrogen-bond acceptors (Lipinski definition) is 2. The molecule has 0 saturated carbocycles. The second kappa shape index (κ2) is 3.91. The van der Waals surface area contributed by atoms with Gasteiger partial charge in [0.1, 0.15) is 0 Å². The smallest absolute Gasteiger partial charge is 0.310 e. The lowest BCUT2D eigenvalue weighted by Gasteiger charge is -2.35. The average Bonchev–Trinajstić information content (AvgIpc) is 2.28. The summed E-state index contributed by atoms with van der Waals surface area (Å²) in [7, 11) is 0. The van der Waals surface area contributed by atoms with E-state index in [1.807, 2.05) is 12.1 Å². The molecule has 0 aromatic heterocycles. The third kappa shape index (κ3) is 1.83. The van der Waals surface area contributed by atoms with E-state index < -0.39 is 11.4 Å². The van der Waals surface area contributed by atoms with Crippen molar-refractivity contribution in [2.45, 2.75) is 32.9 Å². The summed E-state index contributed by atoms with van der Waals surface area (Å²) in [6.45, 7) is 4.32. The number of rotatable bonds is 2. The van der Waals surface area contributed by atoms with E-state index in [0.717, 1.165) is 13.0 Å². The highest BCUT2D eigenvalue weighted by Crippen LogP contribution is 2.28. The van der Waals surface area contributed by atoms with Crippen molar-refractivity contribution in [2.75, 3.05) is 0 Å². The number of carboxylic acid groups (broad SMARTS) is 1. The number of nitrogens with one attached hydrogen (secondary N) is 1. The standard InChI is InChI=1S/C13H17NO2/c1-13(2,12(15)16)11-7-9-5-3-4-6-10(9)8-14-11/h3-6,11,14H,7-8H2,1-2H3,(H,15,16). The van der Waals surface area contributed by atoms with E-state index in [4.69, 9.17) is 0 Å². The van der Waals surface area contributed by atoms with Crippen LogP contribution < -0.4 is 5.32 Å². The van der Waals surface area contributed by atoms with Gasteiger partial charge >= 0.3 is 5.97 Å². The van der Waals surface area contributed by atoms with Crippen molar-refractivity contribution in [1.29, 1.82) is 0 Å². The van der Waals surface area contributed by atoms with Gasteiger partial charge in [0.15, 0.2) is 0 Å². The van der Waals surface area contributed by atoms with Gasteiger partial charge in [0.2, 0.25) is 0 Å². The fraction of sp³-hybridized carbons (Fsp3) is 0.462. The van der Waals surface area contributed by atoms with Gasteiger partial charge in [0, 0.05) is 12.6 Å². The van der Waals surface area contributed by atoms with Crippen molar-refractivity contribution in [3.05, 3.63) is 35.4 Å². The molecule has 1 atom stereocenters. The first-order chi connectivity index (χ1) is 7.51. The average molecular weight is 219 g/mol. The van der Waals surface area contributed by atoms with Crippen LogP contribution in [0.2, 0.25) is 0 Å². The second-order valence-corrected chi connectivity index (χ2v) is 4.93. The third-order valence-electron chi connectivity index (χ3n) is 3.50. The molecule has 0 bridgehead atoms. The summed E-state index contributed by atoms with van der Waals surface area (Å²) in [4.78, 5) is 11.2. The van der Waals surface area contributed by atoms with Crippen molar-refractivity contribution < 1.29 is 9.90 Å². The Morgan fingerprint density at radius 3 is 2.62 bits per heavy atom. The molecule has 0 aliphatic carbocycles. The Hall–Kier alpha value is -1.35. The molecule has 0 amide bonds. The lowest BCUT2D eigenvalue weighted by molar-refractivity contribution is -0.148. The molecule has 86 valence electrons. The van der Waals surface area contributed by atoms with Crippen LogP contribution in [0, 0.1) is 5.41 Å². The van der Waals surface area contributed by atoms with Gasteiger partial charge in [-0.05, 0) is 31.4 Å². The van der Waals surface area contributed by atoms with Crippen molar-refractivity contribution in [3.63, 3.8) is 0 Å². The van der Waals surface area contributed by atoms with Gasteiger partial charge in [0.05, 0.1) is 5.41 Å². The third-order valence-corrected chi connectivity index (χ3v) is 3.50. The zero-order valence-corrected chi connectivity index (χ0v) is 9.66. The minimum Gasteiger partial charge on any atom is -0.481 e. The molecule has 1 aromatic rings. The minimum atomic E-state index is -0.746. The van der Waals surface area contributed by atoms with Crippen molar-refractivity contribution in [2.24, 2.45) is 5.41 Å². The fourth-order valence-corrected chi connectivity index (χ4v) is 2.11. The first-order valence-corrected chi connectivity index (χ1v) is 5.55. The van der Waals surface area contributed by atoms with Crippen LogP contribution in [0.5, 0.6) is 0 Å². The highest BCUT2D eigenvalue weighted by Gasteiger charge is 2.38. The Labute approximate surface area is 95.5 Å². The molecule has 0 fully saturated rings. The SMILES string of the molecule is CC(C)(C(=O)O)C1Cc2ccccc2CN1. The van der Waals surface area contributed by atoms with Crippen LogP contribution in [-0.2, 0) is 17.8 Å². The Bertz CT molecular complexity index is 412. The Balaban J connectivity index is 2.23. The summed E-state index contributed by atoms with van der Waals surface area (Å²) in [5.41, 5.74) is 1.81. The predicted molar refractivity (Wildman–Crippen MR) is 62.2 cm³/mol. The lowest BCUT2D eigenvalue weighted by atomic mass is 9.78. The summed E-state index contributed by atoms with van der Waals surface area (Å²) in [5.74, 6) is -0.746. The Morgan fingerprint density at radius 1 is 1.38 bits per heavy atom. The van der Waals surface area contributed by atoms with E-state index >= 15 is 0 Å². The molecule has 1 aliphatic heterocycles. The first-order valence-electron chi connectivity index (χ1n) is 5.55. The fourth-order valence-electron chi connectivity index (χ4n) is 2.11. The van der Waals surface area contributed by atoms with E-state index in [2.05, 4.69) is 17.4 Å². The largest absolute Gasteiger partial charge is 0.481 e. The molecule has 3 heteroatoms. The molecule has 1 heterocycles. The number of hydrogen-bond donors (Lipinski definition) is 2. The molecule has 1 aromatic carbocycles. The van der Waals surface area contributed by atoms with Crippen LogP contribution in [0.3, 0.4) is 0 Å². The highest BCUT2D eigenvalue weighted by atomic mass is 16.4. The lowest BCUT2D eigenvalue weighted by Crippen LogP contribution is -2.49. The van der Waals surface area contributed by atoms with Gasteiger partial charge < -0.3 is 10.4 Å². The molecule has 2 N–H and O–H groups in total. The van der Waals surface area contributed by atoms with Crippen LogP contribution in [0.25, 0.3) is 0 Å². The summed E-state index contributed by atoms with van der Waals surface area (Å²) < 4.78 is 0. The molecule has 1 unspecified atom stereocenters. The molecule has 0 saturated heterocycles. The zero-order chi connectivity index (χ0) is 11.8. The van der Waals surface area contributed by atoms with Crippen LogP contribution in [0.15, 0.2) is 24.3 Å². The maximum atomic E-state index is 11.2. The van der Waals surface area contributed by atoms with Gasteiger partial charge in [-0.2, -0.15) is 0 Å². The van der Waals surface area contributed by atoms with Crippen LogP contribution in [0.4, 0.5) is 0 Å². The van der Waals surface area contributed by atoms with E-state index in [0.29, 0.717) is 0 Å². The van der Waals surface area contributed by atoms with Crippen LogP contribution >= 0.6 is 0 Å². The summed E-state index contributed by atoms with van der Waals surface area (Å²) in [6, 6.07) is 8.20. The maximum Gasteiger partial charge on any atom is 0.310 e. The molecule has 2 rings (SSSR count). The number of carboxylic acids is 1. The van der Waals surface area contributed by atoms with E-state index in [1.54, 1.807) is 13.8 Å². The van der Waals surface area contributed by atoms with Gasteiger partial charge in [0.25, 0.3) is 0 Å². The molecule has 16 heavy (non-hydrogen) atoms. The van der Waals surface area contributed by atoms with Crippen molar-refractivity contribution in [3.8, 4) is 0 Å². The number of benzene rings is 1. The first kappa shape index (κ1) is 11.1. The quantitative estimate of drug-likeness (QED) is 0.797. The molecule has 0 radical (unpaired) electrons. The van der Waals surface area contributed by atoms with E-state index in [-0.39, 0.29) is 6.04 Å². The minimum absolute atomic E-state index is 0.0000926. The van der Waals surface area contributed by atoms with E-state index in [1.165, 1.54) is 11.1 Å². The van der Waals surface area contributed by atoms with Gasteiger partial charge in [-0.1, -0.05) is 24.3 Å². The molecular weight excluding hydrogens is 202 g/mol. The summed E-state index contributed by atoms with van der Waals surface area (Å²) in [5, 5.41) is 12.5. The Morgan fingerprint density at radius 2 is 2.00 bits per heavy atom. The van der Waals surface area contributed by atoms with Crippen molar-refractivity contribution >= 4 is 5.97 Å². The molecule has 3 nitrogen and oxygen atoms in total. The Kier molecular flexibility index (Phi) is 2.72. The van der Waals surface area contributed by atoms with Crippen LogP contribution in [-0.4, -0.2) is 17.1 Å². The zero-order valence-electron chi connectivity index (χ0n) is 9.66.